The Hall–Kier alpha value is -1.64. The predicted molar refractivity (Wildman–Crippen MR) is 61.0 cm³/mol. The average molecular weight is 202 g/mol. The number of rotatable bonds is 3. The van der Waals surface area contributed by atoms with Crippen LogP contribution in [-0.4, -0.2) is 9.97 Å². The van der Waals surface area contributed by atoms with Crippen LogP contribution >= 0.6 is 0 Å². The fourth-order valence-corrected chi connectivity index (χ4v) is 1.71. The first-order chi connectivity index (χ1) is 7.31. The minimum Gasteiger partial charge on any atom is -0.309 e. The molecule has 0 spiro atoms. The van der Waals surface area contributed by atoms with Crippen LogP contribution in [0.1, 0.15) is 25.5 Å². The van der Waals surface area contributed by atoms with E-state index in [0.29, 0.717) is 0 Å². The number of benzene rings is 1. The Kier molecular flexibility index (Phi) is 2.81. The number of nitrogens with zero attached hydrogens (tertiary/aromatic N) is 1. The molecule has 2 rings (SSSR count). The van der Waals surface area contributed by atoms with Crippen molar-refractivity contribution in [2.24, 2.45) is 0 Å². The third kappa shape index (κ3) is 2.06. The molecule has 0 aliphatic rings. The zero-order chi connectivity index (χ0) is 10.7. The zero-order valence-electron chi connectivity index (χ0n) is 8.79. The highest BCUT2D eigenvalue weighted by Gasteiger charge is 2.02. The van der Waals surface area contributed by atoms with Crippen molar-refractivity contribution in [3.05, 3.63) is 40.4 Å². The Balaban J connectivity index is 2.55. The lowest BCUT2D eigenvalue weighted by atomic mass is 10.1. The highest BCUT2D eigenvalue weighted by molar-refractivity contribution is 5.80. The fraction of sp³-hybridized carbons (Fsp3) is 0.333. The van der Waals surface area contributed by atoms with E-state index in [2.05, 4.69) is 16.9 Å². The number of aromatic nitrogens is 2. The van der Waals surface area contributed by atoms with Gasteiger partial charge in [-0.05, 0) is 18.9 Å². The molecular weight excluding hydrogens is 188 g/mol. The highest BCUT2D eigenvalue weighted by Crippen LogP contribution is 2.14. The van der Waals surface area contributed by atoms with E-state index in [1.165, 1.54) is 0 Å². The van der Waals surface area contributed by atoms with E-state index in [4.69, 9.17) is 0 Å². The first-order valence-corrected chi connectivity index (χ1v) is 5.29. The summed E-state index contributed by atoms with van der Waals surface area (Å²) in [5.41, 5.74) is 1.54. The topological polar surface area (TPSA) is 45.8 Å². The van der Waals surface area contributed by atoms with Crippen molar-refractivity contribution >= 4 is 10.9 Å². The van der Waals surface area contributed by atoms with Gasteiger partial charge < -0.3 is 4.98 Å². The van der Waals surface area contributed by atoms with E-state index in [1.807, 2.05) is 24.3 Å². The second-order valence-electron chi connectivity index (χ2n) is 3.64. The summed E-state index contributed by atoms with van der Waals surface area (Å²) in [5, 5.41) is 1.06. The molecule has 0 aliphatic carbocycles. The smallest absolute Gasteiger partial charge is 0.309 e. The molecule has 3 heteroatoms. The molecule has 0 amide bonds. The van der Waals surface area contributed by atoms with Crippen molar-refractivity contribution in [3.63, 3.8) is 0 Å². The van der Waals surface area contributed by atoms with Gasteiger partial charge in [0.25, 0.3) is 0 Å². The van der Waals surface area contributed by atoms with E-state index < -0.39 is 0 Å². The Morgan fingerprint density at radius 1 is 1.33 bits per heavy atom. The Labute approximate surface area is 88.2 Å². The van der Waals surface area contributed by atoms with Crippen LogP contribution in [0.15, 0.2) is 29.1 Å². The summed E-state index contributed by atoms with van der Waals surface area (Å²) in [6.07, 6.45) is 3.12. The lowest BCUT2D eigenvalue weighted by Crippen LogP contribution is -2.13. The molecule has 0 fully saturated rings. The first kappa shape index (κ1) is 9.90. The molecule has 2 aromatic rings. The third-order valence-corrected chi connectivity index (χ3v) is 2.49. The van der Waals surface area contributed by atoms with Crippen LogP contribution in [0.3, 0.4) is 0 Å². The van der Waals surface area contributed by atoms with Crippen LogP contribution in [0.5, 0.6) is 0 Å². The van der Waals surface area contributed by atoms with Gasteiger partial charge in [-0.3, -0.25) is 0 Å². The maximum absolute atomic E-state index is 11.3. The maximum Gasteiger partial charge on any atom is 0.345 e. The maximum atomic E-state index is 11.3. The molecular formula is C12H14N2O. The van der Waals surface area contributed by atoms with Crippen molar-refractivity contribution in [3.8, 4) is 0 Å². The van der Waals surface area contributed by atoms with Gasteiger partial charge >= 0.3 is 5.69 Å². The molecule has 0 aliphatic heterocycles. The molecule has 0 radical (unpaired) electrons. The molecule has 3 nitrogen and oxygen atoms in total. The normalized spacial score (nSPS) is 10.7. The van der Waals surface area contributed by atoms with Crippen LogP contribution in [-0.2, 0) is 6.42 Å². The summed E-state index contributed by atoms with van der Waals surface area (Å²) in [7, 11) is 0. The van der Waals surface area contributed by atoms with Gasteiger partial charge in [0.2, 0.25) is 0 Å². The van der Waals surface area contributed by atoms with Crippen LogP contribution in [0.2, 0.25) is 0 Å². The summed E-state index contributed by atoms with van der Waals surface area (Å²) in [5.74, 6) is 0. The number of aromatic amines is 1. The van der Waals surface area contributed by atoms with Gasteiger partial charge in [0, 0.05) is 11.1 Å². The van der Waals surface area contributed by atoms with Gasteiger partial charge in [-0.2, -0.15) is 4.98 Å². The van der Waals surface area contributed by atoms with E-state index in [0.717, 1.165) is 35.9 Å². The second kappa shape index (κ2) is 4.26. The number of hydrogen-bond acceptors (Lipinski definition) is 2. The molecule has 0 atom stereocenters. The molecule has 1 N–H and O–H groups in total. The molecule has 1 aromatic heterocycles. The van der Waals surface area contributed by atoms with Gasteiger partial charge in [-0.1, -0.05) is 31.5 Å². The monoisotopic (exact) mass is 202 g/mol. The van der Waals surface area contributed by atoms with E-state index in [-0.39, 0.29) is 5.69 Å². The summed E-state index contributed by atoms with van der Waals surface area (Å²) < 4.78 is 0. The van der Waals surface area contributed by atoms with Gasteiger partial charge in [0.05, 0.1) is 5.52 Å². The minimum atomic E-state index is -0.250. The number of unbranched alkanes of at least 4 members (excludes halogenated alkanes) is 1. The first-order valence-electron chi connectivity index (χ1n) is 5.29. The standard InChI is InChI=1S/C12H14N2O/c1-2-3-7-10-9-6-4-5-8-11(9)14-12(15)13-10/h4-6,8H,2-3,7H2,1H3,(H,13,14,15). The van der Waals surface area contributed by atoms with Crippen molar-refractivity contribution in [1.29, 1.82) is 0 Å². The van der Waals surface area contributed by atoms with Crippen LogP contribution < -0.4 is 5.69 Å². The number of aryl methyl sites for hydroxylation is 1. The van der Waals surface area contributed by atoms with Crippen molar-refractivity contribution in [2.75, 3.05) is 0 Å². The quantitative estimate of drug-likeness (QED) is 0.829. The predicted octanol–water partition coefficient (Wildman–Crippen LogP) is 2.27. The number of fused-ring (bicyclic) bond motifs is 1. The second-order valence-corrected chi connectivity index (χ2v) is 3.64. The average Bonchev–Trinajstić information content (AvgIpc) is 2.25. The number of para-hydroxylation sites is 1. The lowest BCUT2D eigenvalue weighted by molar-refractivity contribution is 0.776. The van der Waals surface area contributed by atoms with E-state index in [9.17, 15) is 4.79 Å². The Morgan fingerprint density at radius 3 is 2.93 bits per heavy atom. The van der Waals surface area contributed by atoms with Crippen molar-refractivity contribution in [2.45, 2.75) is 26.2 Å². The molecule has 1 aromatic carbocycles. The molecule has 0 bridgehead atoms. The van der Waals surface area contributed by atoms with Crippen molar-refractivity contribution in [1.82, 2.24) is 9.97 Å². The minimum absolute atomic E-state index is 0.250. The largest absolute Gasteiger partial charge is 0.345 e. The Morgan fingerprint density at radius 2 is 2.13 bits per heavy atom. The van der Waals surface area contributed by atoms with E-state index >= 15 is 0 Å². The van der Waals surface area contributed by atoms with Crippen LogP contribution in [0, 0.1) is 0 Å². The zero-order valence-corrected chi connectivity index (χ0v) is 8.79. The fourth-order valence-electron chi connectivity index (χ4n) is 1.71. The Bertz CT molecular complexity index is 516. The molecule has 1 heterocycles. The van der Waals surface area contributed by atoms with Crippen molar-refractivity contribution < 1.29 is 0 Å². The summed E-state index contributed by atoms with van der Waals surface area (Å²) >= 11 is 0. The SMILES string of the molecule is CCCCc1[nH]c(=O)nc2ccccc12. The summed E-state index contributed by atoms with van der Waals surface area (Å²) in [4.78, 5) is 18.1. The van der Waals surface area contributed by atoms with Gasteiger partial charge in [0.15, 0.2) is 0 Å². The molecule has 15 heavy (non-hydrogen) atoms. The molecule has 0 saturated heterocycles. The van der Waals surface area contributed by atoms with Gasteiger partial charge in [0.1, 0.15) is 0 Å². The molecule has 78 valence electrons. The van der Waals surface area contributed by atoms with Crippen LogP contribution in [0.4, 0.5) is 0 Å². The third-order valence-electron chi connectivity index (χ3n) is 2.49. The van der Waals surface area contributed by atoms with Gasteiger partial charge in [-0.15, -0.1) is 0 Å². The number of hydrogen-bond donors (Lipinski definition) is 1. The summed E-state index contributed by atoms with van der Waals surface area (Å²) in [6.45, 7) is 2.14. The van der Waals surface area contributed by atoms with Crippen LogP contribution in [0.25, 0.3) is 10.9 Å². The number of H-pyrrole nitrogens is 1. The highest BCUT2D eigenvalue weighted by atomic mass is 16.1. The lowest BCUT2D eigenvalue weighted by Gasteiger charge is -2.04. The van der Waals surface area contributed by atoms with Gasteiger partial charge in [-0.25, -0.2) is 4.79 Å². The molecule has 0 unspecified atom stereocenters. The van der Waals surface area contributed by atoms with E-state index in [1.54, 1.807) is 0 Å². The molecule has 0 saturated carbocycles. The number of nitrogens with one attached hydrogen (secondary N) is 1. The summed E-state index contributed by atoms with van der Waals surface area (Å²) in [6, 6.07) is 7.75.